The first kappa shape index (κ1) is 17.2. The minimum absolute atomic E-state index is 0.512. The van der Waals surface area contributed by atoms with Crippen LogP contribution in [0.15, 0.2) is 24.3 Å². The van der Waals surface area contributed by atoms with Crippen LogP contribution in [0.4, 0.5) is 0 Å². The van der Waals surface area contributed by atoms with Crippen molar-refractivity contribution in [2.45, 2.75) is 71.5 Å². The third kappa shape index (κ3) is 5.64. The van der Waals surface area contributed by atoms with Gasteiger partial charge in [0, 0.05) is 12.2 Å². The van der Waals surface area contributed by atoms with E-state index in [0.29, 0.717) is 6.61 Å². The van der Waals surface area contributed by atoms with Gasteiger partial charge in [0.05, 0.1) is 0 Å². The van der Waals surface area contributed by atoms with Gasteiger partial charge in [0.2, 0.25) is 0 Å². The number of benzene rings is 1. The molecule has 1 aromatic carbocycles. The van der Waals surface area contributed by atoms with Crippen LogP contribution in [-0.2, 0) is 16.9 Å². The standard InChI is InChI=1S/C18H30O2/c1-4-6-7-8-9-10-13-16-14-11-12-15-17(16)18(3,19)20-5-2/h11-12,14-15,19H,4-10,13H2,1-3H3. The second-order valence-corrected chi connectivity index (χ2v) is 5.59. The molecular weight excluding hydrogens is 248 g/mol. The third-order valence-corrected chi connectivity index (χ3v) is 3.74. The Labute approximate surface area is 124 Å². The maximum Gasteiger partial charge on any atom is 0.189 e. The predicted octanol–water partition coefficient (Wildman–Crippen LogP) is 4.79. The van der Waals surface area contributed by atoms with Crippen LogP contribution in [0, 0.1) is 0 Å². The van der Waals surface area contributed by atoms with Crippen LogP contribution >= 0.6 is 0 Å². The zero-order chi connectivity index (χ0) is 14.8. The molecule has 0 saturated carbocycles. The molecule has 0 aliphatic carbocycles. The Morgan fingerprint density at radius 2 is 1.65 bits per heavy atom. The number of aryl methyl sites for hydroxylation is 1. The van der Waals surface area contributed by atoms with Gasteiger partial charge in [-0.3, -0.25) is 0 Å². The molecule has 2 nitrogen and oxygen atoms in total. The highest BCUT2D eigenvalue weighted by Gasteiger charge is 2.25. The Bertz CT molecular complexity index is 371. The van der Waals surface area contributed by atoms with Gasteiger partial charge in [-0.15, -0.1) is 0 Å². The van der Waals surface area contributed by atoms with Crippen LogP contribution in [-0.4, -0.2) is 11.7 Å². The quantitative estimate of drug-likeness (QED) is 0.492. The molecule has 1 unspecified atom stereocenters. The lowest BCUT2D eigenvalue weighted by atomic mass is 9.96. The molecule has 114 valence electrons. The largest absolute Gasteiger partial charge is 0.362 e. The molecule has 0 amide bonds. The summed E-state index contributed by atoms with van der Waals surface area (Å²) in [5, 5.41) is 10.4. The molecule has 0 aliphatic rings. The Morgan fingerprint density at radius 1 is 1.00 bits per heavy atom. The van der Waals surface area contributed by atoms with Crippen molar-refractivity contribution in [2.75, 3.05) is 6.61 Å². The first-order valence-electron chi connectivity index (χ1n) is 8.06. The number of hydrogen-bond donors (Lipinski definition) is 1. The molecule has 0 fully saturated rings. The smallest absolute Gasteiger partial charge is 0.189 e. The van der Waals surface area contributed by atoms with Crippen LogP contribution in [0.3, 0.4) is 0 Å². The highest BCUT2D eigenvalue weighted by molar-refractivity contribution is 5.30. The number of rotatable bonds is 10. The highest BCUT2D eigenvalue weighted by atomic mass is 16.6. The van der Waals surface area contributed by atoms with E-state index in [2.05, 4.69) is 13.0 Å². The summed E-state index contributed by atoms with van der Waals surface area (Å²) in [5.74, 6) is -1.17. The number of ether oxygens (including phenoxy) is 1. The van der Waals surface area contributed by atoms with Crippen LogP contribution in [0.25, 0.3) is 0 Å². The lowest BCUT2D eigenvalue weighted by Crippen LogP contribution is -2.26. The van der Waals surface area contributed by atoms with Gasteiger partial charge in [-0.05, 0) is 32.3 Å². The molecule has 1 atom stereocenters. The lowest BCUT2D eigenvalue weighted by molar-refractivity contribution is -0.195. The minimum atomic E-state index is -1.17. The first-order chi connectivity index (χ1) is 9.61. The van der Waals surface area contributed by atoms with E-state index in [0.717, 1.165) is 12.0 Å². The van der Waals surface area contributed by atoms with Gasteiger partial charge < -0.3 is 9.84 Å². The summed E-state index contributed by atoms with van der Waals surface area (Å²) in [6.45, 7) is 6.39. The molecule has 1 rings (SSSR count). The first-order valence-corrected chi connectivity index (χ1v) is 8.06. The lowest BCUT2D eigenvalue weighted by Gasteiger charge is -2.26. The molecule has 0 saturated heterocycles. The zero-order valence-electron chi connectivity index (χ0n) is 13.3. The van der Waals surface area contributed by atoms with Crippen molar-refractivity contribution in [3.05, 3.63) is 35.4 Å². The van der Waals surface area contributed by atoms with Crippen LogP contribution in [0.5, 0.6) is 0 Å². The molecule has 0 radical (unpaired) electrons. The molecular formula is C18H30O2. The van der Waals surface area contributed by atoms with Crippen molar-refractivity contribution >= 4 is 0 Å². The van der Waals surface area contributed by atoms with Gasteiger partial charge in [-0.1, -0.05) is 63.3 Å². The highest BCUT2D eigenvalue weighted by Crippen LogP contribution is 2.26. The molecule has 0 aromatic heterocycles. The molecule has 20 heavy (non-hydrogen) atoms. The van der Waals surface area contributed by atoms with Crippen molar-refractivity contribution in [1.82, 2.24) is 0 Å². The Kier molecular flexibility index (Phi) is 7.86. The monoisotopic (exact) mass is 278 g/mol. The van der Waals surface area contributed by atoms with Crippen LogP contribution in [0.1, 0.15) is 70.4 Å². The van der Waals surface area contributed by atoms with E-state index < -0.39 is 5.79 Å². The molecule has 0 heterocycles. The molecule has 1 N–H and O–H groups in total. The van der Waals surface area contributed by atoms with Gasteiger partial charge in [0.1, 0.15) is 0 Å². The molecule has 1 aromatic rings. The SMILES string of the molecule is CCCCCCCCc1ccccc1C(C)(O)OCC. The summed E-state index contributed by atoms with van der Waals surface area (Å²) in [7, 11) is 0. The summed E-state index contributed by atoms with van der Waals surface area (Å²) in [6.07, 6.45) is 8.77. The van der Waals surface area contributed by atoms with Gasteiger partial charge in [-0.2, -0.15) is 0 Å². The Morgan fingerprint density at radius 3 is 2.35 bits per heavy atom. The molecule has 0 spiro atoms. The fourth-order valence-electron chi connectivity index (χ4n) is 2.65. The van der Waals surface area contributed by atoms with Crippen LogP contribution < -0.4 is 0 Å². The molecule has 0 aliphatic heterocycles. The van der Waals surface area contributed by atoms with Gasteiger partial charge in [-0.25, -0.2) is 0 Å². The predicted molar refractivity (Wildman–Crippen MR) is 84.7 cm³/mol. The number of hydrogen-bond acceptors (Lipinski definition) is 2. The minimum Gasteiger partial charge on any atom is -0.362 e. The van der Waals surface area contributed by atoms with E-state index in [-0.39, 0.29) is 0 Å². The van der Waals surface area contributed by atoms with Crippen molar-refractivity contribution in [3.8, 4) is 0 Å². The second-order valence-electron chi connectivity index (χ2n) is 5.59. The van der Waals surface area contributed by atoms with Gasteiger partial charge in [0.25, 0.3) is 0 Å². The maximum absolute atomic E-state index is 10.4. The van der Waals surface area contributed by atoms with E-state index in [1.165, 1.54) is 44.1 Å². The summed E-state index contributed by atoms with van der Waals surface area (Å²) >= 11 is 0. The number of unbranched alkanes of at least 4 members (excludes halogenated alkanes) is 5. The summed E-state index contributed by atoms with van der Waals surface area (Å²) in [5.41, 5.74) is 2.12. The zero-order valence-corrected chi connectivity index (χ0v) is 13.3. The van der Waals surface area contributed by atoms with E-state index in [4.69, 9.17) is 4.74 Å². The summed E-state index contributed by atoms with van der Waals surface area (Å²) < 4.78 is 5.47. The van der Waals surface area contributed by atoms with E-state index in [9.17, 15) is 5.11 Å². The normalized spacial score (nSPS) is 14.2. The van der Waals surface area contributed by atoms with Crippen LogP contribution in [0.2, 0.25) is 0 Å². The Hall–Kier alpha value is -0.860. The average Bonchev–Trinajstić information content (AvgIpc) is 2.43. The average molecular weight is 278 g/mol. The third-order valence-electron chi connectivity index (χ3n) is 3.74. The summed E-state index contributed by atoms with van der Waals surface area (Å²) in [4.78, 5) is 0. The molecule has 0 bridgehead atoms. The summed E-state index contributed by atoms with van der Waals surface area (Å²) in [6, 6.07) is 8.09. The van der Waals surface area contributed by atoms with Crippen molar-refractivity contribution in [3.63, 3.8) is 0 Å². The van der Waals surface area contributed by atoms with Gasteiger partial charge in [0.15, 0.2) is 5.79 Å². The van der Waals surface area contributed by atoms with E-state index in [1.54, 1.807) is 6.92 Å². The Balaban J connectivity index is 2.53. The van der Waals surface area contributed by atoms with Crippen molar-refractivity contribution in [2.24, 2.45) is 0 Å². The van der Waals surface area contributed by atoms with E-state index in [1.807, 2.05) is 25.1 Å². The second kappa shape index (κ2) is 9.15. The van der Waals surface area contributed by atoms with E-state index >= 15 is 0 Å². The molecule has 2 heteroatoms. The van der Waals surface area contributed by atoms with Gasteiger partial charge >= 0.3 is 0 Å². The van der Waals surface area contributed by atoms with Crippen molar-refractivity contribution < 1.29 is 9.84 Å². The maximum atomic E-state index is 10.4. The fourth-order valence-corrected chi connectivity index (χ4v) is 2.65. The topological polar surface area (TPSA) is 29.5 Å². The van der Waals surface area contributed by atoms with Crippen molar-refractivity contribution in [1.29, 1.82) is 0 Å². The fraction of sp³-hybridized carbons (Fsp3) is 0.667. The number of aliphatic hydroxyl groups is 1.